The van der Waals surface area contributed by atoms with Gasteiger partial charge in [-0.25, -0.2) is 0 Å². The molecule has 0 aromatic carbocycles. The van der Waals surface area contributed by atoms with Crippen LogP contribution in [0.1, 0.15) is 25.7 Å². The molecule has 0 bridgehead atoms. The zero-order valence-corrected chi connectivity index (χ0v) is 8.15. The van der Waals surface area contributed by atoms with Crippen LogP contribution < -0.4 is 0 Å². The fourth-order valence-electron chi connectivity index (χ4n) is 2.07. The highest BCUT2D eigenvalue weighted by atomic mass is 16.4. The van der Waals surface area contributed by atoms with Gasteiger partial charge in [0.2, 0.25) is 0 Å². The van der Waals surface area contributed by atoms with Gasteiger partial charge in [0, 0.05) is 11.1 Å². The Balaban J connectivity index is 2.25. The van der Waals surface area contributed by atoms with Crippen molar-refractivity contribution in [3.05, 3.63) is 11.1 Å². The molecule has 2 aliphatic rings. The summed E-state index contributed by atoms with van der Waals surface area (Å²) in [6.45, 7) is -0.523. The molecule has 2 rings (SSSR count). The van der Waals surface area contributed by atoms with Crippen LogP contribution >= 0.6 is 0 Å². The van der Waals surface area contributed by atoms with Gasteiger partial charge in [0.05, 0.1) is 0 Å². The van der Waals surface area contributed by atoms with Crippen LogP contribution in [0.2, 0.25) is 0 Å². The van der Waals surface area contributed by atoms with Crippen LogP contribution in [-0.4, -0.2) is 34.3 Å². The standard InChI is InChI=1S/C10H11NO4/c12-8(13)5-11-9(14)6-3-1-2-4-7(6)10(11)15/h1-5H2,(H,12,13). The minimum atomic E-state index is -1.16. The molecule has 0 aromatic heterocycles. The maximum Gasteiger partial charge on any atom is 0.323 e. The number of carboxylic acids is 1. The Bertz CT molecular complexity index is 355. The second kappa shape index (κ2) is 3.49. The second-order valence-electron chi connectivity index (χ2n) is 3.75. The number of carbonyl (C=O) groups is 3. The molecule has 0 fully saturated rings. The quantitative estimate of drug-likeness (QED) is 0.664. The number of carboxylic acid groups (broad SMARTS) is 1. The van der Waals surface area contributed by atoms with Crippen molar-refractivity contribution >= 4 is 17.8 Å². The lowest BCUT2D eigenvalue weighted by Gasteiger charge is -2.10. The van der Waals surface area contributed by atoms with Gasteiger partial charge in [0.25, 0.3) is 11.8 Å². The predicted molar refractivity (Wildman–Crippen MR) is 49.8 cm³/mol. The van der Waals surface area contributed by atoms with Gasteiger partial charge in [0.1, 0.15) is 6.54 Å². The molecule has 1 aliphatic carbocycles. The molecule has 0 unspecified atom stereocenters. The summed E-state index contributed by atoms with van der Waals surface area (Å²) in [4.78, 5) is 34.7. The van der Waals surface area contributed by atoms with Crippen molar-refractivity contribution in [1.82, 2.24) is 4.90 Å². The van der Waals surface area contributed by atoms with Crippen LogP contribution in [0.4, 0.5) is 0 Å². The minimum Gasteiger partial charge on any atom is -0.480 e. The van der Waals surface area contributed by atoms with Gasteiger partial charge in [-0.3, -0.25) is 19.3 Å². The fourth-order valence-corrected chi connectivity index (χ4v) is 2.07. The van der Waals surface area contributed by atoms with Crippen molar-refractivity contribution in [1.29, 1.82) is 0 Å². The molecule has 80 valence electrons. The first kappa shape index (κ1) is 9.89. The summed E-state index contributed by atoms with van der Waals surface area (Å²) in [5.74, 6) is -1.97. The Kier molecular flexibility index (Phi) is 2.30. The third-order valence-corrected chi connectivity index (χ3v) is 2.77. The summed E-state index contributed by atoms with van der Waals surface area (Å²) in [5.41, 5.74) is 1.07. The first-order valence-corrected chi connectivity index (χ1v) is 4.91. The number of nitrogens with zero attached hydrogens (tertiary/aromatic N) is 1. The summed E-state index contributed by atoms with van der Waals surface area (Å²) in [6.07, 6.45) is 3.02. The average Bonchev–Trinajstić information content (AvgIpc) is 2.44. The fraction of sp³-hybridized carbons (Fsp3) is 0.500. The zero-order valence-electron chi connectivity index (χ0n) is 8.15. The van der Waals surface area contributed by atoms with Crippen molar-refractivity contribution in [2.45, 2.75) is 25.7 Å². The van der Waals surface area contributed by atoms with Crippen molar-refractivity contribution in [3.63, 3.8) is 0 Å². The third kappa shape index (κ3) is 1.54. The maximum atomic E-state index is 11.7. The first-order valence-electron chi connectivity index (χ1n) is 4.91. The van der Waals surface area contributed by atoms with Gasteiger partial charge in [0.15, 0.2) is 0 Å². The lowest BCUT2D eigenvalue weighted by Crippen LogP contribution is -2.36. The van der Waals surface area contributed by atoms with Crippen LogP contribution in [-0.2, 0) is 14.4 Å². The Morgan fingerprint density at radius 2 is 1.60 bits per heavy atom. The predicted octanol–water partition coefficient (Wildman–Crippen LogP) is 0.310. The molecule has 2 amide bonds. The Morgan fingerprint density at radius 3 is 2.00 bits per heavy atom. The van der Waals surface area contributed by atoms with Gasteiger partial charge in [-0.15, -0.1) is 0 Å². The summed E-state index contributed by atoms with van der Waals surface area (Å²) < 4.78 is 0. The topological polar surface area (TPSA) is 74.7 Å². The van der Waals surface area contributed by atoms with Crippen molar-refractivity contribution in [3.8, 4) is 0 Å². The molecule has 1 aliphatic heterocycles. The van der Waals surface area contributed by atoms with E-state index >= 15 is 0 Å². The van der Waals surface area contributed by atoms with E-state index in [2.05, 4.69) is 0 Å². The van der Waals surface area contributed by atoms with E-state index in [1.807, 2.05) is 0 Å². The molecule has 5 nitrogen and oxygen atoms in total. The van der Waals surface area contributed by atoms with Crippen LogP contribution in [0.5, 0.6) is 0 Å². The van der Waals surface area contributed by atoms with E-state index in [0.717, 1.165) is 17.7 Å². The van der Waals surface area contributed by atoms with E-state index < -0.39 is 24.3 Å². The van der Waals surface area contributed by atoms with Crippen molar-refractivity contribution in [2.75, 3.05) is 6.54 Å². The molecule has 0 saturated heterocycles. The lowest BCUT2D eigenvalue weighted by molar-refractivity contribution is -0.148. The van der Waals surface area contributed by atoms with E-state index in [9.17, 15) is 14.4 Å². The highest BCUT2D eigenvalue weighted by molar-refractivity contribution is 6.20. The van der Waals surface area contributed by atoms with Gasteiger partial charge in [-0.2, -0.15) is 0 Å². The summed E-state index contributed by atoms with van der Waals surface area (Å²) in [5, 5.41) is 8.58. The Morgan fingerprint density at radius 1 is 1.13 bits per heavy atom. The maximum absolute atomic E-state index is 11.7. The molecule has 1 heterocycles. The molecule has 15 heavy (non-hydrogen) atoms. The number of carbonyl (C=O) groups excluding carboxylic acids is 2. The molecule has 5 heteroatoms. The van der Waals surface area contributed by atoms with Gasteiger partial charge in [-0.05, 0) is 25.7 Å². The van der Waals surface area contributed by atoms with Gasteiger partial charge >= 0.3 is 5.97 Å². The molecule has 0 aromatic rings. The zero-order chi connectivity index (χ0) is 11.0. The second-order valence-corrected chi connectivity index (χ2v) is 3.75. The molecule has 0 saturated carbocycles. The van der Waals surface area contributed by atoms with Crippen molar-refractivity contribution in [2.24, 2.45) is 0 Å². The van der Waals surface area contributed by atoms with Crippen LogP contribution in [0.3, 0.4) is 0 Å². The SMILES string of the molecule is O=C(O)CN1C(=O)C2=C(CCCC2)C1=O. The van der Waals surface area contributed by atoms with Crippen molar-refractivity contribution < 1.29 is 19.5 Å². The molecular formula is C10H11NO4. The largest absolute Gasteiger partial charge is 0.480 e. The third-order valence-electron chi connectivity index (χ3n) is 2.77. The Hall–Kier alpha value is -1.65. The molecule has 0 atom stereocenters. The van der Waals surface area contributed by atoms with Gasteiger partial charge in [-0.1, -0.05) is 0 Å². The molecule has 0 spiro atoms. The van der Waals surface area contributed by atoms with E-state index in [1.165, 1.54) is 0 Å². The monoisotopic (exact) mass is 209 g/mol. The van der Waals surface area contributed by atoms with Gasteiger partial charge < -0.3 is 5.11 Å². The number of rotatable bonds is 2. The molecule has 0 radical (unpaired) electrons. The molecule has 1 N–H and O–H groups in total. The van der Waals surface area contributed by atoms with E-state index in [0.29, 0.717) is 24.0 Å². The average molecular weight is 209 g/mol. The number of hydrogen-bond donors (Lipinski definition) is 1. The number of imide groups is 1. The number of amides is 2. The molecular weight excluding hydrogens is 198 g/mol. The smallest absolute Gasteiger partial charge is 0.323 e. The van der Waals surface area contributed by atoms with E-state index in [-0.39, 0.29) is 0 Å². The number of hydrogen-bond acceptors (Lipinski definition) is 3. The van der Waals surface area contributed by atoms with Crippen LogP contribution in [0, 0.1) is 0 Å². The highest BCUT2D eigenvalue weighted by Crippen LogP contribution is 2.32. The number of aliphatic carboxylic acids is 1. The summed E-state index contributed by atoms with van der Waals surface area (Å²) in [7, 11) is 0. The first-order chi connectivity index (χ1) is 7.11. The highest BCUT2D eigenvalue weighted by Gasteiger charge is 2.39. The lowest BCUT2D eigenvalue weighted by atomic mass is 9.93. The summed E-state index contributed by atoms with van der Waals surface area (Å²) >= 11 is 0. The van der Waals surface area contributed by atoms with Crippen LogP contribution in [0.15, 0.2) is 11.1 Å². The minimum absolute atomic E-state index is 0.405. The van der Waals surface area contributed by atoms with E-state index in [1.54, 1.807) is 0 Å². The Labute approximate surface area is 86.4 Å². The normalized spacial score (nSPS) is 20.9. The van der Waals surface area contributed by atoms with E-state index in [4.69, 9.17) is 5.11 Å². The summed E-state index contributed by atoms with van der Waals surface area (Å²) in [6, 6.07) is 0. The van der Waals surface area contributed by atoms with Crippen LogP contribution in [0.25, 0.3) is 0 Å².